The molecule has 4 heteroatoms. The summed E-state index contributed by atoms with van der Waals surface area (Å²) in [6, 6.07) is 0. The van der Waals surface area contributed by atoms with Gasteiger partial charge in [-0.25, -0.2) is 0 Å². The van der Waals surface area contributed by atoms with E-state index < -0.39 is 0 Å². The second kappa shape index (κ2) is 7.98. The Morgan fingerprint density at radius 3 is 2.69 bits per heavy atom. The highest BCUT2D eigenvalue weighted by molar-refractivity contribution is 7.80. The zero-order valence-corrected chi connectivity index (χ0v) is 9.08. The molecule has 0 spiro atoms. The summed E-state index contributed by atoms with van der Waals surface area (Å²) in [6.45, 7) is 5.15. The number of rotatable bonds is 6. The van der Waals surface area contributed by atoms with Gasteiger partial charge in [-0.2, -0.15) is 0 Å². The van der Waals surface area contributed by atoms with E-state index in [0.717, 1.165) is 19.4 Å². The maximum atomic E-state index is 10.9. The Hall–Kier alpha value is -0.640. The summed E-state index contributed by atoms with van der Waals surface area (Å²) in [6.07, 6.45) is 2.39. The van der Waals surface area contributed by atoms with Crippen molar-refractivity contribution >= 4 is 23.2 Å². The highest BCUT2D eigenvalue weighted by Gasteiger charge is 2.04. The van der Waals surface area contributed by atoms with Crippen LogP contribution in [0.25, 0.3) is 0 Å². The highest BCUT2D eigenvalue weighted by atomic mass is 32.1. The van der Waals surface area contributed by atoms with Gasteiger partial charge < -0.3 is 10.1 Å². The summed E-state index contributed by atoms with van der Waals surface area (Å²) in [5.74, 6) is -0.253. The SMILES string of the molecule is CCCCNC(=S)CC(=O)OCC. The largest absolute Gasteiger partial charge is 0.466 e. The maximum Gasteiger partial charge on any atom is 0.312 e. The molecule has 0 saturated carbocycles. The van der Waals surface area contributed by atoms with Gasteiger partial charge in [0.1, 0.15) is 0 Å². The Bertz CT molecular complexity index is 171. The van der Waals surface area contributed by atoms with E-state index in [0.29, 0.717) is 11.6 Å². The molecule has 0 saturated heterocycles. The topological polar surface area (TPSA) is 38.3 Å². The molecule has 1 N–H and O–H groups in total. The zero-order valence-electron chi connectivity index (χ0n) is 8.26. The molecule has 0 amide bonds. The number of nitrogens with one attached hydrogen (secondary N) is 1. The van der Waals surface area contributed by atoms with Crippen molar-refractivity contribution in [1.29, 1.82) is 0 Å². The molecule has 76 valence electrons. The molecule has 0 radical (unpaired) electrons. The van der Waals surface area contributed by atoms with Crippen LogP contribution in [0.3, 0.4) is 0 Å². The first-order chi connectivity index (χ1) is 6.20. The Morgan fingerprint density at radius 1 is 1.46 bits per heavy atom. The van der Waals surface area contributed by atoms with Crippen molar-refractivity contribution in [2.24, 2.45) is 0 Å². The first-order valence-corrected chi connectivity index (χ1v) is 5.03. The molecule has 0 aromatic rings. The van der Waals surface area contributed by atoms with Gasteiger partial charge in [0, 0.05) is 6.54 Å². The van der Waals surface area contributed by atoms with Gasteiger partial charge in [-0.3, -0.25) is 4.79 Å². The smallest absolute Gasteiger partial charge is 0.312 e. The number of carbonyl (C=O) groups excluding carboxylic acids is 1. The minimum Gasteiger partial charge on any atom is -0.466 e. The maximum absolute atomic E-state index is 10.9. The van der Waals surface area contributed by atoms with E-state index in [1.54, 1.807) is 6.92 Å². The quantitative estimate of drug-likeness (QED) is 0.405. The van der Waals surface area contributed by atoms with Crippen LogP contribution >= 0.6 is 12.2 Å². The number of hydrogen-bond acceptors (Lipinski definition) is 3. The molecule has 0 fully saturated rings. The Labute approximate surface area is 84.8 Å². The summed E-state index contributed by atoms with van der Waals surface area (Å²) in [5, 5.41) is 3.00. The summed E-state index contributed by atoms with van der Waals surface area (Å²) >= 11 is 4.95. The lowest BCUT2D eigenvalue weighted by Crippen LogP contribution is -2.25. The van der Waals surface area contributed by atoms with Gasteiger partial charge in [0.15, 0.2) is 0 Å². The minimum absolute atomic E-state index is 0.201. The number of ether oxygens (including phenoxy) is 1. The van der Waals surface area contributed by atoms with Crippen LogP contribution in [0.1, 0.15) is 33.1 Å². The highest BCUT2D eigenvalue weighted by Crippen LogP contribution is 1.90. The predicted octanol–water partition coefficient (Wildman–Crippen LogP) is 1.66. The fourth-order valence-electron chi connectivity index (χ4n) is 0.810. The van der Waals surface area contributed by atoms with Crippen LogP contribution in [-0.4, -0.2) is 24.1 Å². The van der Waals surface area contributed by atoms with Gasteiger partial charge in [0.2, 0.25) is 0 Å². The van der Waals surface area contributed by atoms with Crippen molar-refractivity contribution in [2.75, 3.05) is 13.2 Å². The van der Waals surface area contributed by atoms with Crippen molar-refractivity contribution in [1.82, 2.24) is 5.32 Å². The second-order valence-corrected chi connectivity index (χ2v) is 3.18. The summed E-state index contributed by atoms with van der Waals surface area (Å²) in [7, 11) is 0. The molecular weight excluding hydrogens is 186 g/mol. The Morgan fingerprint density at radius 2 is 2.15 bits per heavy atom. The van der Waals surface area contributed by atoms with Gasteiger partial charge in [0.25, 0.3) is 0 Å². The third kappa shape index (κ3) is 7.71. The zero-order chi connectivity index (χ0) is 10.1. The van der Waals surface area contributed by atoms with Gasteiger partial charge >= 0.3 is 5.97 Å². The molecule has 0 aliphatic rings. The molecule has 0 aliphatic carbocycles. The summed E-state index contributed by atoms with van der Waals surface area (Å²) < 4.78 is 4.75. The van der Waals surface area contributed by atoms with Gasteiger partial charge in [-0.15, -0.1) is 0 Å². The molecule has 0 aromatic carbocycles. The second-order valence-electron chi connectivity index (χ2n) is 2.69. The Kier molecular flexibility index (Phi) is 7.59. The van der Waals surface area contributed by atoms with Crippen molar-refractivity contribution < 1.29 is 9.53 Å². The van der Waals surface area contributed by atoms with E-state index in [2.05, 4.69) is 12.2 Å². The monoisotopic (exact) mass is 203 g/mol. The normalized spacial score (nSPS) is 9.38. The lowest BCUT2D eigenvalue weighted by Gasteiger charge is -2.06. The molecule has 0 aliphatic heterocycles. The first kappa shape index (κ1) is 12.4. The standard InChI is InChI=1S/C9H17NO2S/c1-3-5-6-10-8(13)7-9(11)12-4-2/h3-7H2,1-2H3,(H,10,13). The molecule has 0 bridgehead atoms. The molecule has 0 unspecified atom stereocenters. The third-order valence-electron chi connectivity index (χ3n) is 1.46. The van der Waals surface area contributed by atoms with E-state index in [1.165, 1.54) is 0 Å². The minimum atomic E-state index is -0.253. The van der Waals surface area contributed by atoms with Crippen molar-refractivity contribution in [3.8, 4) is 0 Å². The number of hydrogen-bond donors (Lipinski definition) is 1. The molecule has 0 aromatic heterocycles. The first-order valence-electron chi connectivity index (χ1n) is 4.63. The van der Waals surface area contributed by atoms with Crippen LogP contribution in [-0.2, 0) is 9.53 Å². The molecule has 0 rings (SSSR count). The molecule has 0 atom stereocenters. The van der Waals surface area contributed by atoms with Crippen molar-refractivity contribution in [3.05, 3.63) is 0 Å². The number of carbonyl (C=O) groups is 1. The van der Waals surface area contributed by atoms with Crippen molar-refractivity contribution in [2.45, 2.75) is 33.1 Å². The molecule has 3 nitrogen and oxygen atoms in total. The van der Waals surface area contributed by atoms with E-state index in [1.807, 2.05) is 0 Å². The van der Waals surface area contributed by atoms with Crippen molar-refractivity contribution in [3.63, 3.8) is 0 Å². The fourth-order valence-corrected chi connectivity index (χ4v) is 1.03. The van der Waals surface area contributed by atoms with E-state index in [-0.39, 0.29) is 12.4 Å². The lowest BCUT2D eigenvalue weighted by molar-refractivity contribution is -0.141. The predicted molar refractivity (Wildman–Crippen MR) is 56.8 cm³/mol. The number of esters is 1. The fraction of sp³-hybridized carbons (Fsp3) is 0.778. The molecule has 0 heterocycles. The Balaban J connectivity index is 3.44. The van der Waals surface area contributed by atoms with Gasteiger partial charge in [0.05, 0.1) is 18.0 Å². The van der Waals surface area contributed by atoms with E-state index >= 15 is 0 Å². The van der Waals surface area contributed by atoms with E-state index in [9.17, 15) is 4.79 Å². The third-order valence-corrected chi connectivity index (χ3v) is 1.75. The van der Waals surface area contributed by atoms with Gasteiger partial charge in [-0.05, 0) is 13.3 Å². The summed E-state index contributed by atoms with van der Waals surface area (Å²) in [5.41, 5.74) is 0. The summed E-state index contributed by atoms with van der Waals surface area (Å²) in [4.78, 5) is 11.5. The van der Waals surface area contributed by atoms with Gasteiger partial charge in [-0.1, -0.05) is 25.6 Å². The number of unbranched alkanes of at least 4 members (excludes halogenated alkanes) is 1. The van der Waals surface area contributed by atoms with Crippen LogP contribution < -0.4 is 5.32 Å². The number of thiocarbonyl (C=S) groups is 1. The molecular formula is C9H17NO2S. The van der Waals surface area contributed by atoms with Crippen LogP contribution in [0.5, 0.6) is 0 Å². The lowest BCUT2D eigenvalue weighted by atomic mass is 10.3. The van der Waals surface area contributed by atoms with Crippen LogP contribution in [0, 0.1) is 0 Å². The van der Waals surface area contributed by atoms with Crippen LogP contribution in [0.2, 0.25) is 0 Å². The molecule has 13 heavy (non-hydrogen) atoms. The van der Waals surface area contributed by atoms with Crippen LogP contribution in [0.15, 0.2) is 0 Å². The average molecular weight is 203 g/mol. The van der Waals surface area contributed by atoms with E-state index in [4.69, 9.17) is 17.0 Å². The average Bonchev–Trinajstić information content (AvgIpc) is 2.05. The van der Waals surface area contributed by atoms with Crippen LogP contribution in [0.4, 0.5) is 0 Å².